The molecule has 0 bridgehead atoms. The van der Waals surface area contributed by atoms with Crippen molar-refractivity contribution >= 4 is 35.2 Å². The summed E-state index contributed by atoms with van der Waals surface area (Å²) in [5.74, 6) is 1.26. The highest BCUT2D eigenvalue weighted by Gasteiger charge is 2.31. The van der Waals surface area contributed by atoms with Gasteiger partial charge in [-0.25, -0.2) is 19.5 Å². The number of aryl methyl sites for hydroxylation is 1. The number of anilines is 3. The molecule has 1 aliphatic carbocycles. The number of nitriles is 1. The van der Waals surface area contributed by atoms with Gasteiger partial charge >= 0.3 is 12.2 Å². The van der Waals surface area contributed by atoms with Crippen LogP contribution in [0, 0.1) is 18.3 Å². The number of amides is 2. The molecular weight excluding hydrogens is 510 g/mol. The Morgan fingerprint density at radius 3 is 2.60 bits per heavy atom. The molecule has 3 aromatic rings. The van der Waals surface area contributed by atoms with Crippen LogP contribution in [0.15, 0.2) is 30.5 Å². The third-order valence-electron chi connectivity index (χ3n) is 7.32. The molecule has 11 nitrogen and oxygen atoms in total. The molecule has 1 saturated carbocycles. The molecule has 2 amide bonds. The van der Waals surface area contributed by atoms with Crippen molar-refractivity contribution in [3.63, 3.8) is 0 Å². The lowest BCUT2D eigenvalue weighted by Gasteiger charge is -2.32. The Bertz CT molecular complexity index is 1480. The third kappa shape index (κ3) is 5.66. The molecule has 2 aromatic heterocycles. The summed E-state index contributed by atoms with van der Waals surface area (Å²) in [6.45, 7) is 8.11. The number of benzene rings is 1. The minimum absolute atomic E-state index is 0.137. The second-order valence-corrected chi connectivity index (χ2v) is 11.7. The molecule has 40 heavy (non-hydrogen) atoms. The lowest BCUT2D eigenvalue weighted by atomic mass is 9.81. The Morgan fingerprint density at radius 2 is 1.95 bits per heavy atom. The van der Waals surface area contributed by atoms with E-state index in [9.17, 15) is 20.0 Å². The van der Waals surface area contributed by atoms with E-state index >= 15 is 0 Å². The number of rotatable bonds is 5. The molecule has 0 unspecified atom stereocenters. The number of nitrogens with one attached hydrogen (secondary N) is 1. The number of ether oxygens (including phenoxy) is 1. The van der Waals surface area contributed by atoms with Gasteiger partial charge in [-0.2, -0.15) is 14.9 Å². The van der Waals surface area contributed by atoms with Gasteiger partial charge in [-0.1, -0.05) is 6.42 Å². The Hall–Kier alpha value is -4.33. The van der Waals surface area contributed by atoms with E-state index < -0.39 is 17.8 Å². The second-order valence-electron chi connectivity index (χ2n) is 11.7. The largest absolute Gasteiger partial charge is 0.465 e. The summed E-state index contributed by atoms with van der Waals surface area (Å²) in [5, 5.41) is 27.3. The van der Waals surface area contributed by atoms with E-state index in [1.807, 2.05) is 19.2 Å². The first-order valence-corrected chi connectivity index (χ1v) is 13.7. The first kappa shape index (κ1) is 27.2. The maximum Gasteiger partial charge on any atom is 0.420 e. The van der Waals surface area contributed by atoms with Crippen LogP contribution in [0.25, 0.3) is 5.65 Å². The van der Waals surface area contributed by atoms with E-state index in [0.717, 1.165) is 43.2 Å². The molecule has 1 aliphatic heterocycles. The normalized spacial score (nSPS) is 17.7. The number of carbonyl (C=O) groups is 2. The first-order chi connectivity index (χ1) is 19.0. The molecular formula is C29H35N7O4. The minimum Gasteiger partial charge on any atom is -0.465 e. The maximum absolute atomic E-state index is 13.8. The van der Waals surface area contributed by atoms with Crippen molar-refractivity contribution < 1.29 is 19.4 Å². The first-order valence-electron chi connectivity index (χ1n) is 13.7. The summed E-state index contributed by atoms with van der Waals surface area (Å²) in [6.07, 6.45) is 5.03. The number of nitrogens with zero attached hydrogens (tertiary/aromatic N) is 6. The van der Waals surface area contributed by atoms with Crippen molar-refractivity contribution in [2.24, 2.45) is 0 Å². The van der Waals surface area contributed by atoms with E-state index in [4.69, 9.17) is 9.72 Å². The lowest BCUT2D eigenvalue weighted by Crippen LogP contribution is -2.44. The standard InChI is InChI=1S/C29H35N7O4/c1-18-11-19(15-30)13-22(12-18)35(28(39)40-29(2,3)4)25-14-24(32-21-9-6-10-34(17-21)27(37)38)33-26-23(16-31-36(25)26)20-7-5-8-20/h11-14,16,20-21H,5-10,17H2,1-4H3,(H,32,33)(H,37,38)/t21-/m0/s1. The Morgan fingerprint density at radius 1 is 1.18 bits per heavy atom. The van der Waals surface area contributed by atoms with Crippen molar-refractivity contribution in [1.29, 1.82) is 5.26 Å². The Kier molecular flexibility index (Phi) is 7.27. The molecule has 5 rings (SSSR count). The molecule has 3 heterocycles. The molecule has 0 spiro atoms. The number of piperidine rings is 1. The number of carbonyl (C=O) groups excluding carboxylic acids is 1. The van der Waals surface area contributed by atoms with Crippen LogP contribution in [0.4, 0.5) is 26.9 Å². The number of aromatic nitrogens is 3. The van der Waals surface area contributed by atoms with E-state index in [1.165, 1.54) is 9.80 Å². The zero-order valence-corrected chi connectivity index (χ0v) is 23.3. The third-order valence-corrected chi connectivity index (χ3v) is 7.32. The quantitative estimate of drug-likeness (QED) is 0.410. The fourth-order valence-electron chi connectivity index (χ4n) is 5.28. The summed E-state index contributed by atoms with van der Waals surface area (Å²) in [6, 6.07) is 9.01. The van der Waals surface area contributed by atoms with Gasteiger partial charge in [0.25, 0.3) is 0 Å². The molecule has 2 fully saturated rings. The van der Waals surface area contributed by atoms with Crippen LogP contribution >= 0.6 is 0 Å². The van der Waals surface area contributed by atoms with Crippen molar-refractivity contribution in [2.75, 3.05) is 23.3 Å². The van der Waals surface area contributed by atoms with Crippen molar-refractivity contribution in [3.05, 3.63) is 47.2 Å². The zero-order chi connectivity index (χ0) is 28.6. The number of hydrogen-bond donors (Lipinski definition) is 2. The van der Waals surface area contributed by atoms with Crippen LogP contribution < -0.4 is 10.2 Å². The van der Waals surface area contributed by atoms with Crippen LogP contribution in [0.1, 0.15) is 75.5 Å². The van der Waals surface area contributed by atoms with Gasteiger partial charge in [-0.3, -0.25) is 0 Å². The fraction of sp³-hybridized carbons (Fsp3) is 0.483. The average molecular weight is 546 g/mol. The molecule has 0 radical (unpaired) electrons. The summed E-state index contributed by atoms with van der Waals surface area (Å²) in [5.41, 5.74) is 2.58. The molecule has 1 aromatic carbocycles. The second kappa shape index (κ2) is 10.7. The van der Waals surface area contributed by atoms with Crippen LogP contribution in [-0.2, 0) is 4.74 Å². The van der Waals surface area contributed by atoms with Crippen molar-refractivity contribution in [2.45, 2.75) is 77.4 Å². The highest BCUT2D eigenvalue weighted by Crippen LogP contribution is 2.40. The Labute approximate surface area is 233 Å². The zero-order valence-electron chi connectivity index (χ0n) is 23.3. The van der Waals surface area contributed by atoms with Crippen molar-refractivity contribution in [3.8, 4) is 6.07 Å². The van der Waals surface area contributed by atoms with Crippen LogP contribution in [-0.4, -0.2) is 61.5 Å². The van der Waals surface area contributed by atoms with Crippen LogP contribution in [0.5, 0.6) is 0 Å². The molecule has 2 N–H and O–H groups in total. The van der Waals surface area contributed by atoms with E-state index in [1.54, 1.807) is 43.5 Å². The van der Waals surface area contributed by atoms with E-state index in [0.29, 0.717) is 47.5 Å². The van der Waals surface area contributed by atoms with Gasteiger partial charge in [0.2, 0.25) is 0 Å². The molecule has 11 heteroatoms. The maximum atomic E-state index is 13.8. The lowest BCUT2D eigenvalue weighted by molar-refractivity contribution is 0.0597. The van der Waals surface area contributed by atoms with Gasteiger partial charge in [0, 0.05) is 30.8 Å². The van der Waals surface area contributed by atoms with Gasteiger partial charge in [-0.05, 0) is 83.1 Å². The van der Waals surface area contributed by atoms with Gasteiger partial charge in [-0.15, -0.1) is 0 Å². The highest BCUT2D eigenvalue weighted by molar-refractivity contribution is 5.96. The van der Waals surface area contributed by atoms with Crippen LogP contribution in [0.3, 0.4) is 0 Å². The predicted molar refractivity (Wildman–Crippen MR) is 150 cm³/mol. The van der Waals surface area contributed by atoms with Crippen LogP contribution in [0.2, 0.25) is 0 Å². The molecule has 1 saturated heterocycles. The predicted octanol–water partition coefficient (Wildman–Crippen LogP) is 5.80. The molecule has 1 atom stereocenters. The number of likely N-dealkylation sites (tertiary alicyclic amines) is 1. The van der Waals surface area contributed by atoms with Gasteiger partial charge in [0.1, 0.15) is 17.2 Å². The highest BCUT2D eigenvalue weighted by atomic mass is 16.6. The van der Waals surface area contributed by atoms with Gasteiger partial charge in [0.15, 0.2) is 5.65 Å². The number of hydrogen-bond acceptors (Lipinski definition) is 7. The average Bonchev–Trinajstić information content (AvgIpc) is 3.25. The number of fused-ring (bicyclic) bond motifs is 1. The molecule has 2 aliphatic rings. The van der Waals surface area contributed by atoms with E-state index in [2.05, 4.69) is 16.5 Å². The fourth-order valence-corrected chi connectivity index (χ4v) is 5.28. The number of carboxylic acid groups (broad SMARTS) is 1. The summed E-state index contributed by atoms with van der Waals surface area (Å²) in [4.78, 5) is 33.2. The SMILES string of the molecule is Cc1cc(C#N)cc(N(C(=O)OC(C)(C)C)c2cc(N[C@H]3CCCN(C(=O)O)C3)nc3c(C4CCC4)cnn23)c1. The van der Waals surface area contributed by atoms with Gasteiger partial charge < -0.3 is 20.1 Å². The molecule has 210 valence electrons. The minimum atomic E-state index is -0.942. The monoisotopic (exact) mass is 545 g/mol. The van der Waals surface area contributed by atoms with E-state index in [-0.39, 0.29) is 6.04 Å². The summed E-state index contributed by atoms with van der Waals surface area (Å²) in [7, 11) is 0. The Balaban J connectivity index is 1.65. The summed E-state index contributed by atoms with van der Waals surface area (Å²) >= 11 is 0. The van der Waals surface area contributed by atoms with Crippen molar-refractivity contribution in [1.82, 2.24) is 19.5 Å². The smallest absolute Gasteiger partial charge is 0.420 e. The summed E-state index contributed by atoms with van der Waals surface area (Å²) < 4.78 is 7.49. The topological polar surface area (TPSA) is 136 Å². The van der Waals surface area contributed by atoms with Gasteiger partial charge in [0.05, 0.1) is 23.5 Å².